The molecule has 2 aromatic heterocycles. The van der Waals surface area contributed by atoms with Crippen LogP contribution >= 0.6 is 0 Å². The summed E-state index contributed by atoms with van der Waals surface area (Å²) in [5, 5.41) is 6.67. The predicted molar refractivity (Wildman–Crippen MR) is 97.3 cm³/mol. The van der Waals surface area contributed by atoms with Crippen molar-refractivity contribution >= 4 is 5.91 Å². The third-order valence-electron chi connectivity index (χ3n) is 3.97. The Kier molecular flexibility index (Phi) is 5.05. The van der Waals surface area contributed by atoms with Crippen molar-refractivity contribution in [3.05, 3.63) is 48.0 Å². The lowest BCUT2D eigenvalue weighted by Crippen LogP contribution is -2.25. The molecule has 1 aliphatic rings. The van der Waals surface area contributed by atoms with Crippen molar-refractivity contribution in [3.63, 3.8) is 0 Å². The second kappa shape index (κ2) is 7.95. The quantitative estimate of drug-likeness (QED) is 0.691. The number of aromatic nitrogens is 3. The number of nitrogens with zero attached hydrogens (tertiary/aromatic N) is 3. The molecule has 144 valence electrons. The summed E-state index contributed by atoms with van der Waals surface area (Å²) in [6.45, 7) is 3.38. The van der Waals surface area contributed by atoms with Gasteiger partial charge in [0.05, 0.1) is 18.7 Å². The number of carbonyl (C=O) groups excluding carboxylic acids is 1. The third-order valence-corrected chi connectivity index (χ3v) is 3.97. The lowest BCUT2D eigenvalue weighted by atomic mass is 10.1. The van der Waals surface area contributed by atoms with Crippen LogP contribution in [0.25, 0.3) is 11.4 Å². The monoisotopic (exact) mass is 382 g/mol. The van der Waals surface area contributed by atoms with Crippen molar-refractivity contribution < 1.29 is 23.5 Å². The second-order valence-electron chi connectivity index (χ2n) is 5.84. The van der Waals surface area contributed by atoms with Crippen molar-refractivity contribution in [2.75, 3.05) is 19.8 Å². The molecular weight excluding hydrogens is 364 g/mol. The molecule has 0 atom stereocenters. The summed E-state index contributed by atoms with van der Waals surface area (Å²) >= 11 is 0. The van der Waals surface area contributed by atoms with Gasteiger partial charge >= 0.3 is 0 Å². The largest absolute Gasteiger partial charge is 0.486 e. The fourth-order valence-corrected chi connectivity index (χ4v) is 2.69. The van der Waals surface area contributed by atoms with Crippen LogP contribution < -0.4 is 19.5 Å². The number of amides is 1. The lowest BCUT2D eigenvalue weighted by molar-refractivity contribution is 0.0935. The Morgan fingerprint density at radius 3 is 2.93 bits per heavy atom. The van der Waals surface area contributed by atoms with Gasteiger partial charge in [-0.05, 0) is 25.1 Å². The molecule has 0 fully saturated rings. The number of fused-ring (bicyclic) bond motifs is 1. The first-order chi connectivity index (χ1) is 13.7. The molecule has 0 unspecified atom stereocenters. The van der Waals surface area contributed by atoms with Crippen LogP contribution in [0.15, 0.2) is 41.1 Å². The third kappa shape index (κ3) is 3.73. The van der Waals surface area contributed by atoms with Crippen molar-refractivity contribution in [3.8, 4) is 28.8 Å². The second-order valence-corrected chi connectivity index (χ2v) is 5.84. The van der Waals surface area contributed by atoms with Gasteiger partial charge in [0.25, 0.3) is 5.91 Å². The van der Waals surface area contributed by atoms with Gasteiger partial charge in [0, 0.05) is 17.8 Å². The van der Waals surface area contributed by atoms with Gasteiger partial charge in [-0.15, -0.1) is 0 Å². The molecule has 0 saturated carbocycles. The van der Waals surface area contributed by atoms with E-state index in [9.17, 15) is 4.79 Å². The minimum atomic E-state index is -0.315. The molecule has 4 rings (SSSR count). The average Bonchev–Trinajstić information content (AvgIpc) is 3.21. The lowest BCUT2D eigenvalue weighted by Gasteiger charge is -2.20. The zero-order chi connectivity index (χ0) is 19.3. The Bertz CT molecular complexity index is 971. The molecule has 0 saturated heterocycles. The maximum atomic E-state index is 12.5. The smallest absolute Gasteiger partial charge is 0.255 e. The number of ether oxygens (including phenoxy) is 3. The van der Waals surface area contributed by atoms with Crippen LogP contribution in [0.3, 0.4) is 0 Å². The summed E-state index contributed by atoms with van der Waals surface area (Å²) in [7, 11) is 0. The van der Waals surface area contributed by atoms with Gasteiger partial charge in [-0.3, -0.25) is 4.79 Å². The molecule has 9 heteroatoms. The van der Waals surface area contributed by atoms with Gasteiger partial charge in [0.15, 0.2) is 11.5 Å². The van der Waals surface area contributed by atoms with Crippen LogP contribution in [0.5, 0.6) is 17.4 Å². The highest BCUT2D eigenvalue weighted by molar-refractivity contribution is 5.97. The van der Waals surface area contributed by atoms with Gasteiger partial charge in [-0.25, -0.2) is 4.98 Å². The molecule has 28 heavy (non-hydrogen) atoms. The van der Waals surface area contributed by atoms with Gasteiger partial charge in [-0.2, -0.15) is 4.98 Å². The van der Waals surface area contributed by atoms with Crippen LogP contribution in [0, 0.1) is 0 Å². The number of hydrogen-bond acceptors (Lipinski definition) is 8. The minimum absolute atomic E-state index is 0.0841. The number of para-hydroxylation sites is 1. The van der Waals surface area contributed by atoms with E-state index >= 15 is 0 Å². The molecule has 1 N–H and O–H groups in total. The first-order valence-electron chi connectivity index (χ1n) is 8.83. The van der Waals surface area contributed by atoms with Crippen molar-refractivity contribution in [1.29, 1.82) is 0 Å². The minimum Gasteiger partial charge on any atom is -0.486 e. The number of rotatable bonds is 6. The number of hydrogen-bond donors (Lipinski definition) is 1. The summed E-state index contributed by atoms with van der Waals surface area (Å²) in [5.74, 6) is 1.87. The molecule has 3 heterocycles. The number of nitrogens with one attached hydrogen (secondary N) is 1. The van der Waals surface area contributed by atoms with Gasteiger partial charge in [-0.1, -0.05) is 11.2 Å². The standard InChI is InChI=1S/C19H18N4O5/c1-2-25-15-7-6-12(10-20-15)18-22-16(28-23-18)11-21-19(24)13-4-3-5-14-17(13)27-9-8-26-14/h3-7,10H,2,8-9,11H2,1H3,(H,21,24). The van der Waals surface area contributed by atoms with E-state index in [1.165, 1.54) is 0 Å². The van der Waals surface area contributed by atoms with Crippen molar-refractivity contribution in [2.24, 2.45) is 0 Å². The Labute approximate surface area is 160 Å². The van der Waals surface area contributed by atoms with E-state index in [1.54, 1.807) is 36.5 Å². The van der Waals surface area contributed by atoms with E-state index in [1.807, 2.05) is 6.92 Å². The molecule has 0 bridgehead atoms. The van der Waals surface area contributed by atoms with Crippen LogP contribution in [-0.4, -0.2) is 40.9 Å². The summed E-state index contributed by atoms with van der Waals surface area (Å²) in [6.07, 6.45) is 1.60. The topological polar surface area (TPSA) is 109 Å². The van der Waals surface area contributed by atoms with E-state index in [4.69, 9.17) is 18.7 Å². The van der Waals surface area contributed by atoms with E-state index in [2.05, 4.69) is 20.4 Å². The Hall–Kier alpha value is -3.62. The molecule has 1 aromatic carbocycles. The molecule has 9 nitrogen and oxygen atoms in total. The van der Waals surface area contributed by atoms with Crippen LogP contribution in [0.2, 0.25) is 0 Å². The molecule has 0 spiro atoms. The van der Waals surface area contributed by atoms with Gasteiger partial charge < -0.3 is 24.1 Å². The molecule has 0 aliphatic carbocycles. The van der Waals surface area contributed by atoms with E-state index < -0.39 is 0 Å². The summed E-state index contributed by atoms with van der Waals surface area (Å²) < 4.78 is 21.6. The fraction of sp³-hybridized carbons (Fsp3) is 0.263. The number of carbonyl (C=O) groups is 1. The Morgan fingerprint density at radius 1 is 1.21 bits per heavy atom. The van der Waals surface area contributed by atoms with E-state index in [-0.39, 0.29) is 18.3 Å². The van der Waals surface area contributed by atoms with Crippen molar-refractivity contribution in [2.45, 2.75) is 13.5 Å². The normalized spacial score (nSPS) is 12.5. The van der Waals surface area contributed by atoms with Crippen LogP contribution in [0.4, 0.5) is 0 Å². The van der Waals surface area contributed by atoms with Gasteiger partial charge in [0.1, 0.15) is 13.2 Å². The van der Waals surface area contributed by atoms with E-state index in [0.717, 1.165) is 0 Å². The fourth-order valence-electron chi connectivity index (χ4n) is 2.69. The molecule has 3 aromatic rings. The zero-order valence-corrected chi connectivity index (χ0v) is 15.2. The van der Waals surface area contributed by atoms with Crippen LogP contribution in [-0.2, 0) is 6.54 Å². The molecule has 1 aliphatic heterocycles. The molecular formula is C19H18N4O5. The average molecular weight is 382 g/mol. The summed E-state index contributed by atoms with van der Waals surface area (Å²) in [4.78, 5) is 21.0. The highest BCUT2D eigenvalue weighted by Gasteiger charge is 2.20. The number of pyridine rings is 1. The highest BCUT2D eigenvalue weighted by Crippen LogP contribution is 2.33. The first kappa shape index (κ1) is 17.8. The SMILES string of the molecule is CCOc1ccc(-c2noc(CNC(=O)c3cccc4c3OCCO4)n2)cn1. The first-order valence-corrected chi connectivity index (χ1v) is 8.83. The maximum absolute atomic E-state index is 12.5. The van der Waals surface area contributed by atoms with Crippen molar-refractivity contribution in [1.82, 2.24) is 20.4 Å². The summed E-state index contributed by atoms with van der Waals surface area (Å²) in [6, 6.07) is 8.70. The Morgan fingerprint density at radius 2 is 2.11 bits per heavy atom. The molecule has 0 radical (unpaired) electrons. The van der Waals surface area contributed by atoms with Gasteiger partial charge in [0.2, 0.25) is 17.6 Å². The highest BCUT2D eigenvalue weighted by atomic mass is 16.6. The zero-order valence-electron chi connectivity index (χ0n) is 15.2. The predicted octanol–water partition coefficient (Wildman–Crippen LogP) is 2.23. The molecule has 1 amide bonds. The summed E-state index contributed by atoms with van der Waals surface area (Å²) in [5.41, 5.74) is 1.08. The Balaban J connectivity index is 1.41. The number of benzene rings is 1. The van der Waals surface area contributed by atoms with E-state index in [0.29, 0.717) is 54.2 Å². The maximum Gasteiger partial charge on any atom is 0.255 e. The van der Waals surface area contributed by atoms with Crippen LogP contribution in [0.1, 0.15) is 23.2 Å².